The molecule has 0 heterocycles. The van der Waals surface area contributed by atoms with E-state index in [9.17, 15) is 0 Å². The van der Waals surface area contributed by atoms with Crippen LogP contribution < -0.4 is 5.32 Å². The smallest absolute Gasteiger partial charge is 0.0192 e. The van der Waals surface area contributed by atoms with Gasteiger partial charge in [-0.2, -0.15) is 0 Å². The average Bonchev–Trinajstić information content (AvgIpc) is 3.17. The SMILES string of the molecule is CCCNC(C1CC1)C1(c2ccccc2)CCCC1. The van der Waals surface area contributed by atoms with Crippen molar-refractivity contribution in [3.8, 4) is 0 Å². The van der Waals surface area contributed by atoms with E-state index in [4.69, 9.17) is 0 Å². The first-order valence-corrected chi connectivity index (χ1v) is 8.16. The van der Waals surface area contributed by atoms with Gasteiger partial charge in [-0.25, -0.2) is 0 Å². The Hall–Kier alpha value is -0.820. The van der Waals surface area contributed by atoms with Gasteiger partial charge in [0.1, 0.15) is 0 Å². The van der Waals surface area contributed by atoms with E-state index >= 15 is 0 Å². The van der Waals surface area contributed by atoms with Gasteiger partial charge in [0, 0.05) is 11.5 Å². The van der Waals surface area contributed by atoms with Crippen LogP contribution in [0, 0.1) is 5.92 Å². The number of rotatable bonds is 6. The summed E-state index contributed by atoms with van der Waals surface area (Å²) in [6, 6.07) is 12.1. The van der Waals surface area contributed by atoms with Crippen molar-refractivity contribution in [1.29, 1.82) is 0 Å². The van der Waals surface area contributed by atoms with Gasteiger partial charge in [-0.15, -0.1) is 0 Å². The van der Waals surface area contributed by atoms with Crippen LogP contribution in [0.4, 0.5) is 0 Å². The largest absolute Gasteiger partial charge is 0.313 e. The third-order valence-corrected chi connectivity index (χ3v) is 5.15. The summed E-state index contributed by atoms with van der Waals surface area (Å²) < 4.78 is 0. The molecule has 2 saturated carbocycles. The lowest BCUT2D eigenvalue weighted by molar-refractivity contribution is 0.268. The van der Waals surface area contributed by atoms with Crippen molar-refractivity contribution in [2.24, 2.45) is 5.92 Å². The quantitative estimate of drug-likeness (QED) is 0.802. The molecule has 2 fully saturated rings. The van der Waals surface area contributed by atoms with Crippen molar-refractivity contribution < 1.29 is 0 Å². The van der Waals surface area contributed by atoms with Gasteiger partial charge >= 0.3 is 0 Å². The van der Waals surface area contributed by atoms with Gasteiger partial charge in [0.2, 0.25) is 0 Å². The first kappa shape index (κ1) is 13.2. The second kappa shape index (κ2) is 5.66. The fourth-order valence-corrected chi connectivity index (χ4v) is 4.10. The highest BCUT2D eigenvalue weighted by Gasteiger charge is 2.48. The van der Waals surface area contributed by atoms with E-state index in [1.54, 1.807) is 5.56 Å². The minimum absolute atomic E-state index is 0.428. The molecule has 1 nitrogen and oxygen atoms in total. The summed E-state index contributed by atoms with van der Waals surface area (Å²) in [6.07, 6.45) is 9.71. The Morgan fingerprint density at radius 3 is 2.42 bits per heavy atom. The van der Waals surface area contributed by atoms with Crippen LogP contribution in [-0.2, 0) is 5.41 Å². The minimum atomic E-state index is 0.428. The van der Waals surface area contributed by atoms with Crippen molar-refractivity contribution in [3.63, 3.8) is 0 Å². The molecule has 104 valence electrons. The molecule has 0 aromatic heterocycles. The Morgan fingerprint density at radius 1 is 1.16 bits per heavy atom. The maximum absolute atomic E-state index is 3.91. The van der Waals surface area contributed by atoms with Crippen molar-refractivity contribution in [3.05, 3.63) is 35.9 Å². The molecule has 0 radical (unpaired) electrons. The molecule has 3 rings (SSSR count). The van der Waals surface area contributed by atoms with Crippen LogP contribution in [0.2, 0.25) is 0 Å². The highest BCUT2D eigenvalue weighted by atomic mass is 15.0. The minimum Gasteiger partial charge on any atom is -0.313 e. The molecule has 0 aliphatic heterocycles. The maximum atomic E-state index is 3.91. The predicted molar refractivity (Wildman–Crippen MR) is 81.4 cm³/mol. The molecule has 0 saturated heterocycles. The molecule has 1 unspecified atom stereocenters. The first-order chi connectivity index (χ1) is 9.37. The molecule has 19 heavy (non-hydrogen) atoms. The summed E-state index contributed by atoms with van der Waals surface area (Å²) in [5, 5.41) is 3.91. The van der Waals surface area contributed by atoms with Crippen molar-refractivity contribution >= 4 is 0 Å². The van der Waals surface area contributed by atoms with E-state index in [0.717, 1.165) is 12.0 Å². The van der Waals surface area contributed by atoms with Crippen molar-refractivity contribution in [1.82, 2.24) is 5.32 Å². The van der Waals surface area contributed by atoms with E-state index < -0.39 is 0 Å². The van der Waals surface area contributed by atoms with Crippen LogP contribution in [0.3, 0.4) is 0 Å². The van der Waals surface area contributed by atoms with E-state index in [0.29, 0.717) is 5.41 Å². The van der Waals surface area contributed by atoms with E-state index in [2.05, 4.69) is 42.6 Å². The fourth-order valence-electron chi connectivity index (χ4n) is 4.10. The first-order valence-electron chi connectivity index (χ1n) is 8.16. The molecule has 0 amide bonds. The summed E-state index contributed by atoms with van der Waals surface area (Å²) in [5.41, 5.74) is 2.02. The Kier molecular flexibility index (Phi) is 3.93. The summed E-state index contributed by atoms with van der Waals surface area (Å²) in [5.74, 6) is 0.935. The predicted octanol–water partition coefficient (Wildman–Crippen LogP) is 4.28. The average molecular weight is 257 g/mol. The standard InChI is InChI=1S/C18H27N/c1-2-14-19-17(15-10-11-15)18(12-6-7-13-18)16-8-4-3-5-9-16/h3-5,8-9,15,17,19H,2,6-7,10-14H2,1H3. The number of hydrogen-bond donors (Lipinski definition) is 1. The Bertz CT molecular complexity index is 387. The van der Waals surface area contributed by atoms with Gasteiger partial charge in [-0.1, -0.05) is 50.1 Å². The summed E-state index contributed by atoms with van der Waals surface area (Å²) in [6.45, 7) is 3.45. The molecule has 1 heteroatoms. The van der Waals surface area contributed by atoms with Crippen LogP contribution in [0.15, 0.2) is 30.3 Å². The number of benzene rings is 1. The number of nitrogens with one attached hydrogen (secondary N) is 1. The zero-order valence-corrected chi connectivity index (χ0v) is 12.2. The summed E-state index contributed by atoms with van der Waals surface area (Å²) in [7, 11) is 0. The number of hydrogen-bond acceptors (Lipinski definition) is 1. The summed E-state index contributed by atoms with van der Waals surface area (Å²) in [4.78, 5) is 0. The molecular formula is C18H27N. The normalized spacial score (nSPS) is 23.4. The molecule has 1 aromatic carbocycles. The highest BCUT2D eigenvalue weighted by molar-refractivity contribution is 5.30. The van der Waals surface area contributed by atoms with Crippen LogP contribution in [-0.4, -0.2) is 12.6 Å². The van der Waals surface area contributed by atoms with Crippen LogP contribution in [0.1, 0.15) is 57.4 Å². The lowest BCUT2D eigenvalue weighted by Gasteiger charge is -2.39. The van der Waals surface area contributed by atoms with Gasteiger partial charge < -0.3 is 5.32 Å². The van der Waals surface area contributed by atoms with Crippen LogP contribution in [0.5, 0.6) is 0 Å². The van der Waals surface area contributed by atoms with E-state index in [1.165, 1.54) is 51.5 Å². The lowest BCUT2D eigenvalue weighted by Crippen LogP contribution is -2.48. The van der Waals surface area contributed by atoms with Gasteiger partial charge in [0.05, 0.1) is 0 Å². The molecule has 1 aromatic rings. The molecular weight excluding hydrogens is 230 g/mol. The zero-order chi connectivity index (χ0) is 13.1. The van der Waals surface area contributed by atoms with Crippen molar-refractivity contribution in [2.75, 3.05) is 6.54 Å². The van der Waals surface area contributed by atoms with Crippen LogP contribution >= 0.6 is 0 Å². The molecule has 0 bridgehead atoms. The zero-order valence-electron chi connectivity index (χ0n) is 12.2. The van der Waals surface area contributed by atoms with Gasteiger partial charge in [-0.05, 0) is 50.1 Å². The highest BCUT2D eigenvalue weighted by Crippen LogP contribution is 2.50. The maximum Gasteiger partial charge on any atom is 0.0192 e. The molecule has 2 aliphatic rings. The molecule has 0 spiro atoms. The second-order valence-electron chi connectivity index (χ2n) is 6.50. The monoisotopic (exact) mass is 257 g/mol. The Labute approximate surface area is 117 Å². The second-order valence-corrected chi connectivity index (χ2v) is 6.50. The molecule has 1 atom stereocenters. The van der Waals surface area contributed by atoms with Gasteiger partial charge in [-0.3, -0.25) is 0 Å². The van der Waals surface area contributed by atoms with Gasteiger partial charge in [0.25, 0.3) is 0 Å². The van der Waals surface area contributed by atoms with Crippen LogP contribution in [0.25, 0.3) is 0 Å². The lowest BCUT2D eigenvalue weighted by atomic mass is 9.71. The Balaban J connectivity index is 1.89. The molecule has 1 N–H and O–H groups in total. The van der Waals surface area contributed by atoms with Crippen molar-refractivity contribution in [2.45, 2.75) is 63.3 Å². The topological polar surface area (TPSA) is 12.0 Å². The molecule has 2 aliphatic carbocycles. The third kappa shape index (κ3) is 2.58. The third-order valence-electron chi connectivity index (χ3n) is 5.15. The summed E-state index contributed by atoms with van der Waals surface area (Å²) >= 11 is 0. The van der Waals surface area contributed by atoms with E-state index in [-0.39, 0.29) is 0 Å². The Morgan fingerprint density at radius 2 is 1.84 bits per heavy atom. The van der Waals surface area contributed by atoms with E-state index in [1.807, 2.05) is 0 Å². The fraction of sp³-hybridized carbons (Fsp3) is 0.667. The van der Waals surface area contributed by atoms with Gasteiger partial charge in [0.15, 0.2) is 0 Å².